The largest absolute Gasteiger partial charge is 0.279 e. The van der Waals surface area contributed by atoms with E-state index in [0.717, 1.165) is 5.92 Å². The second-order valence-electron chi connectivity index (χ2n) is 6.15. The number of nitrogens with zero attached hydrogens (tertiary/aromatic N) is 1. The molecule has 1 aromatic heterocycles. The Bertz CT molecular complexity index is 820. The number of hydrogen-bond acceptors (Lipinski definition) is 0. The van der Waals surface area contributed by atoms with E-state index in [0.29, 0.717) is 0 Å². The van der Waals surface area contributed by atoms with Gasteiger partial charge in [-0.2, -0.15) is 0 Å². The number of aromatic nitrogens is 2. The van der Waals surface area contributed by atoms with E-state index < -0.39 is 0 Å². The molecule has 0 atom stereocenters. The van der Waals surface area contributed by atoms with E-state index >= 15 is 0 Å². The standard InChI is InChI=1S/C19H20N2/c1-21-17-12-11-15-8-4-5-9-16(15)19(17)20-18(21)13-10-14-6-2-3-7-14/h4-5,8-14H,2-3,6-7H2,1H3/p+1/b13-10+. The van der Waals surface area contributed by atoms with Gasteiger partial charge in [0, 0.05) is 11.5 Å². The maximum absolute atomic E-state index is 3.61. The van der Waals surface area contributed by atoms with Gasteiger partial charge in [0.1, 0.15) is 0 Å². The molecular formula is C19H21N2+. The summed E-state index contributed by atoms with van der Waals surface area (Å²) in [5, 5.41) is 2.59. The number of aromatic amines is 1. The van der Waals surface area contributed by atoms with Crippen LogP contribution in [0.2, 0.25) is 0 Å². The Morgan fingerprint density at radius 3 is 2.76 bits per heavy atom. The van der Waals surface area contributed by atoms with Gasteiger partial charge in [-0.1, -0.05) is 37.1 Å². The lowest BCUT2D eigenvalue weighted by Crippen LogP contribution is -2.29. The second kappa shape index (κ2) is 5.03. The molecule has 0 amide bonds. The Morgan fingerprint density at radius 2 is 1.90 bits per heavy atom. The SMILES string of the molecule is C[n+]1c(/C=C/C2CCCC2)[nH]c2c3ccccc3ccc21. The molecule has 0 aliphatic heterocycles. The van der Waals surface area contributed by atoms with Crippen LogP contribution in [0, 0.1) is 5.92 Å². The summed E-state index contributed by atoms with van der Waals surface area (Å²) in [6.07, 6.45) is 10.1. The smallest absolute Gasteiger partial charge is 0.236 e. The molecule has 1 saturated carbocycles. The zero-order chi connectivity index (χ0) is 14.2. The van der Waals surface area contributed by atoms with Gasteiger partial charge in [-0.15, -0.1) is 0 Å². The van der Waals surface area contributed by atoms with Gasteiger partial charge in [0.25, 0.3) is 5.82 Å². The van der Waals surface area contributed by atoms with Crippen molar-refractivity contribution in [3.05, 3.63) is 48.3 Å². The molecule has 1 fully saturated rings. The van der Waals surface area contributed by atoms with E-state index in [1.54, 1.807) is 0 Å². The van der Waals surface area contributed by atoms with Crippen LogP contribution in [0.15, 0.2) is 42.5 Å². The first kappa shape index (κ1) is 12.6. The van der Waals surface area contributed by atoms with Crippen LogP contribution in [0.25, 0.3) is 27.9 Å². The maximum Gasteiger partial charge on any atom is 0.279 e. The summed E-state index contributed by atoms with van der Waals surface area (Å²) in [4.78, 5) is 3.61. The average molecular weight is 277 g/mol. The van der Waals surface area contributed by atoms with Gasteiger partial charge in [-0.3, -0.25) is 0 Å². The van der Waals surface area contributed by atoms with Gasteiger partial charge in [-0.05, 0) is 42.3 Å². The molecule has 0 unspecified atom stereocenters. The Morgan fingerprint density at radius 1 is 1.10 bits per heavy atom. The highest BCUT2D eigenvalue weighted by Crippen LogP contribution is 2.27. The number of imidazole rings is 1. The molecule has 2 aromatic carbocycles. The number of H-pyrrole nitrogens is 1. The molecule has 0 radical (unpaired) electrons. The van der Waals surface area contributed by atoms with E-state index in [1.807, 2.05) is 0 Å². The first-order chi connectivity index (χ1) is 10.3. The topological polar surface area (TPSA) is 19.7 Å². The monoisotopic (exact) mass is 277 g/mol. The number of allylic oxidation sites excluding steroid dienone is 1. The summed E-state index contributed by atoms with van der Waals surface area (Å²) in [6.45, 7) is 0. The zero-order valence-electron chi connectivity index (χ0n) is 12.5. The van der Waals surface area contributed by atoms with Crippen molar-refractivity contribution >= 4 is 27.9 Å². The van der Waals surface area contributed by atoms with Crippen LogP contribution in [0.3, 0.4) is 0 Å². The van der Waals surface area contributed by atoms with Crippen molar-refractivity contribution in [1.29, 1.82) is 0 Å². The Labute approximate surface area is 125 Å². The predicted molar refractivity (Wildman–Crippen MR) is 88.0 cm³/mol. The molecule has 3 aromatic rings. The lowest BCUT2D eigenvalue weighted by Gasteiger charge is -1.98. The molecule has 0 bridgehead atoms. The Kier molecular flexibility index (Phi) is 3.03. The number of benzene rings is 2. The van der Waals surface area contributed by atoms with Crippen LogP contribution >= 0.6 is 0 Å². The first-order valence-electron chi connectivity index (χ1n) is 7.90. The molecule has 21 heavy (non-hydrogen) atoms. The molecular weight excluding hydrogens is 256 g/mol. The molecule has 0 spiro atoms. The van der Waals surface area contributed by atoms with E-state index in [2.05, 4.69) is 65.1 Å². The third-order valence-corrected chi connectivity index (χ3v) is 4.81. The van der Waals surface area contributed by atoms with E-state index in [1.165, 1.54) is 53.3 Å². The van der Waals surface area contributed by atoms with E-state index in [-0.39, 0.29) is 0 Å². The minimum absolute atomic E-state index is 0.771. The van der Waals surface area contributed by atoms with Crippen LogP contribution < -0.4 is 4.57 Å². The third-order valence-electron chi connectivity index (χ3n) is 4.81. The molecule has 1 aliphatic rings. The van der Waals surface area contributed by atoms with Crippen molar-refractivity contribution in [2.24, 2.45) is 13.0 Å². The van der Waals surface area contributed by atoms with E-state index in [9.17, 15) is 0 Å². The van der Waals surface area contributed by atoms with Crippen LogP contribution in [0.5, 0.6) is 0 Å². The lowest BCUT2D eigenvalue weighted by molar-refractivity contribution is -0.646. The van der Waals surface area contributed by atoms with Gasteiger partial charge in [0.05, 0.1) is 7.05 Å². The fraction of sp³-hybridized carbons (Fsp3) is 0.316. The predicted octanol–water partition coefficient (Wildman–Crippen LogP) is 4.35. The Hall–Kier alpha value is -2.09. The summed E-state index contributed by atoms with van der Waals surface area (Å²) in [7, 11) is 2.14. The quantitative estimate of drug-likeness (QED) is 0.672. The van der Waals surface area contributed by atoms with Crippen molar-refractivity contribution in [1.82, 2.24) is 4.98 Å². The van der Waals surface area contributed by atoms with Crippen LogP contribution in [-0.2, 0) is 7.05 Å². The number of rotatable bonds is 2. The van der Waals surface area contributed by atoms with Crippen LogP contribution in [0.1, 0.15) is 31.5 Å². The Balaban J connectivity index is 1.83. The summed E-state index contributed by atoms with van der Waals surface area (Å²) in [5.41, 5.74) is 2.50. The minimum Gasteiger partial charge on any atom is -0.236 e. The molecule has 1 heterocycles. The highest BCUT2D eigenvalue weighted by Gasteiger charge is 2.17. The molecule has 4 rings (SSSR count). The van der Waals surface area contributed by atoms with Crippen LogP contribution in [0.4, 0.5) is 0 Å². The van der Waals surface area contributed by atoms with Crippen molar-refractivity contribution in [3.8, 4) is 0 Å². The number of nitrogens with one attached hydrogen (secondary N) is 1. The molecule has 1 N–H and O–H groups in total. The summed E-state index contributed by atoms with van der Waals surface area (Å²) in [6, 6.07) is 13.0. The normalized spacial score (nSPS) is 16.6. The number of aryl methyl sites for hydroxylation is 1. The lowest BCUT2D eigenvalue weighted by atomic mass is 10.1. The van der Waals surface area contributed by atoms with Crippen molar-refractivity contribution < 1.29 is 4.57 Å². The molecule has 0 saturated heterocycles. The van der Waals surface area contributed by atoms with Crippen molar-refractivity contribution in [3.63, 3.8) is 0 Å². The van der Waals surface area contributed by atoms with Gasteiger partial charge < -0.3 is 0 Å². The highest BCUT2D eigenvalue weighted by molar-refractivity contribution is 6.03. The van der Waals surface area contributed by atoms with Gasteiger partial charge in [0.2, 0.25) is 0 Å². The number of hydrogen-bond donors (Lipinski definition) is 1. The van der Waals surface area contributed by atoms with Crippen molar-refractivity contribution in [2.75, 3.05) is 0 Å². The van der Waals surface area contributed by atoms with Gasteiger partial charge in [-0.25, -0.2) is 9.55 Å². The maximum atomic E-state index is 3.61. The first-order valence-corrected chi connectivity index (χ1v) is 7.90. The van der Waals surface area contributed by atoms with Gasteiger partial charge >= 0.3 is 0 Å². The minimum atomic E-state index is 0.771. The van der Waals surface area contributed by atoms with Crippen LogP contribution in [-0.4, -0.2) is 4.98 Å². The molecule has 2 nitrogen and oxygen atoms in total. The molecule has 106 valence electrons. The highest BCUT2D eigenvalue weighted by atomic mass is 15.1. The van der Waals surface area contributed by atoms with E-state index in [4.69, 9.17) is 0 Å². The molecule has 1 aliphatic carbocycles. The van der Waals surface area contributed by atoms with Gasteiger partial charge in [0.15, 0.2) is 11.0 Å². The second-order valence-corrected chi connectivity index (χ2v) is 6.15. The zero-order valence-corrected chi connectivity index (χ0v) is 12.5. The fourth-order valence-corrected chi connectivity index (χ4v) is 3.54. The van der Waals surface area contributed by atoms with Crippen molar-refractivity contribution in [2.45, 2.75) is 25.7 Å². The fourth-order valence-electron chi connectivity index (χ4n) is 3.54. The third kappa shape index (κ3) is 2.15. The summed E-state index contributed by atoms with van der Waals surface area (Å²) >= 11 is 0. The summed E-state index contributed by atoms with van der Waals surface area (Å²) in [5.74, 6) is 1.96. The average Bonchev–Trinajstić information content (AvgIpc) is 3.14. The molecule has 2 heteroatoms. The number of fused-ring (bicyclic) bond motifs is 3. The summed E-state index contributed by atoms with van der Waals surface area (Å²) < 4.78 is 2.26.